The molecule has 34 heavy (non-hydrogen) atoms. The summed E-state index contributed by atoms with van der Waals surface area (Å²) < 4.78 is 0. The van der Waals surface area contributed by atoms with Gasteiger partial charge in [0.05, 0.1) is 11.6 Å². The second-order valence-electron chi connectivity index (χ2n) is 9.62. The summed E-state index contributed by atoms with van der Waals surface area (Å²) in [5.74, 6) is 0.0509. The van der Waals surface area contributed by atoms with Crippen LogP contribution < -0.4 is 11.1 Å². The minimum atomic E-state index is -0.239. The summed E-state index contributed by atoms with van der Waals surface area (Å²) in [7, 11) is 0. The van der Waals surface area contributed by atoms with E-state index in [2.05, 4.69) is 11.4 Å². The number of nitriles is 1. The number of anilines is 1. The number of amides is 2. The highest BCUT2D eigenvalue weighted by atomic mass is 16.2. The molecule has 0 spiro atoms. The van der Waals surface area contributed by atoms with Crippen molar-refractivity contribution >= 4 is 17.5 Å². The van der Waals surface area contributed by atoms with Gasteiger partial charge < -0.3 is 16.0 Å². The normalized spacial score (nSPS) is 20.8. The van der Waals surface area contributed by atoms with Gasteiger partial charge in [0.1, 0.15) is 0 Å². The Bertz CT molecular complexity index is 1040. The Kier molecular flexibility index (Phi) is 7.97. The molecule has 2 fully saturated rings. The monoisotopic (exact) mass is 458 g/mol. The molecule has 0 saturated heterocycles. The molecule has 0 heterocycles. The van der Waals surface area contributed by atoms with Crippen molar-refractivity contribution in [2.24, 2.45) is 11.7 Å². The number of carbonyl (C=O) groups excluding carboxylic acids is 2. The van der Waals surface area contributed by atoms with E-state index in [-0.39, 0.29) is 29.8 Å². The molecule has 2 saturated carbocycles. The van der Waals surface area contributed by atoms with Crippen LogP contribution in [0.4, 0.5) is 5.69 Å². The summed E-state index contributed by atoms with van der Waals surface area (Å²) in [4.78, 5) is 28.6. The second kappa shape index (κ2) is 11.3. The summed E-state index contributed by atoms with van der Waals surface area (Å²) in [6.45, 7) is 0.442. The largest absolute Gasteiger partial charge is 0.334 e. The van der Waals surface area contributed by atoms with E-state index in [4.69, 9.17) is 11.0 Å². The number of nitrogens with two attached hydrogens (primary N) is 1. The minimum Gasteiger partial charge on any atom is -0.334 e. The first kappa shape index (κ1) is 24.0. The maximum absolute atomic E-state index is 13.7. The van der Waals surface area contributed by atoms with Crippen molar-refractivity contribution in [3.05, 3.63) is 65.2 Å². The van der Waals surface area contributed by atoms with Gasteiger partial charge in [0, 0.05) is 35.8 Å². The van der Waals surface area contributed by atoms with Gasteiger partial charge in [-0.05, 0) is 61.6 Å². The van der Waals surface area contributed by atoms with Crippen LogP contribution in [0.3, 0.4) is 0 Å². The number of hydrogen-bond donors (Lipinski definition) is 2. The Morgan fingerprint density at radius 3 is 2.32 bits per heavy atom. The Morgan fingerprint density at radius 2 is 1.62 bits per heavy atom. The molecule has 4 rings (SSSR count). The van der Waals surface area contributed by atoms with Gasteiger partial charge in [0.2, 0.25) is 5.91 Å². The molecule has 2 atom stereocenters. The highest BCUT2D eigenvalue weighted by molar-refractivity contribution is 6.04. The molecule has 0 radical (unpaired) electrons. The van der Waals surface area contributed by atoms with E-state index in [1.807, 2.05) is 29.2 Å². The molecule has 2 aromatic rings. The third-order valence-electron chi connectivity index (χ3n) is 7.30. The predicted molar refractivity (Wildman–Crippen MR) is 133 cm³/mol. The molecule has 3 N–H and O–H groups in total. The van der Waals surface area contributed by atoms with Gasteiger partial charge in [-0.25, -0.2) is 0 Å². The van der Waals surface area contributed by atoms with Crippen LogP contribution in [0.1, 0.15) is 79.3 Å². The smallest absolute Gasteiger partial charge is 0.255 e. The zero-order valence-electron chi connectivity index (χ0n) is 19.7. The minimum absolute atomic E-state index is 0.0123. The third-order valence-corrected chi connectivity index (χ3v) is 7.30. The molecule has 6 heteroatoms. The molecular weight excluding hydrogens is 424 g/mol. The van der Waals surface area contributed by atoms with E-state index in [9.17, 15) is 9.59 Å². The summed E-state index contributed by atoms with van der Waals surface area (Å²) in [5.41, 5.74) is 9.13. The zero-order chi connectivity index (χ0) is 23.9. The fourth-order valence-corrected chi connectivity index (χ4v) is 5.32. The van der Waals surface area contributed by atoms with Crippen molar-refractivity contribution in [3.8, 4) is 6.07 Å². The lowest BCUT2D eigenvalue weighted by atomic mass is 9.85. The fourth-order valence-electron chi connectivity index (χ4n) is 5.32. The average molecular weight is 459 g/mol. The Morgan fingerprint density at radius 1 is 0.941 bits per heavy atom. The average Bonchev–Trinajstić information content (AvgIpc) is 2.89. The van der Waals surface area contributed by atoms with Crippen molar-refractivity contribution in [2.45, 2.75) is 76.4 Å². The number of carbonyl (C=O) groups is 2. The quantitative estimate of drug-likeness (QED) is 0.637. The number of nitrogens with one attached hydrogen (secondary N) is 1. The molecule has 2 amide bonds. The second-order valence-corrected chi connectivity index (χ2v) is 9.62. The SMILES string of the molecule is N#Cc1ccc(C(=O)Nc2ccccc2CN(C(=O)C2CCCCC2)C2CCCCC2N)cc1. The number of rotatable bonds is 6. The zero-order valence-corrected chi connectivity index (χ0v) is 19.7. The molecule has 2 aliphatic carbocycles. The van der Waals surface area contributed by atoms with E-state index in [1.165, 1.54) is 6.42 Å². The Hall–Kier alpha value is -3.17. The molecule has 178 valence electrons. The van der Waals surface area contributed by atoms with Crippen LogP contribution in [-0.2, 0) is 11.3 Å². The van der Waals surface area contributed by atoms with Gasteiger partial charge >= 0.3 is 0 Å². The summed E-state index contributed by atoms with van der Waals surface area (Å²) in [6, 6.07) is 16.3. The van der Waals surface area contributed by atoms with Crippen molar-refractivity contribution < 1.29 is 9.59 Å². The highest BCUT2D eigenvalue weighted by Gasteiger charge is 2.35. The topological polar surface area (TPSA) is 99.2 Å². The Labute approximate surface area is 202 Å². The van der Waals surface area contributed by atoms with Crippen LogP contribution >= 0.6 is 0 Å². The van der Waals surface area contributed by atoms with E-state index in [0.717, 1.165) is 56.9 Å². The lowest BCUT2D eigenvalue weighted by molar-refractivity contribution is -0.140. The Balaban J connectivity index is 1.56. The summed E-state index contributed by atoms with van der Waals surface area (Å²) >= 11 is 0. The van der Waals surface area contributed by atoms with E-state index >= 15 is 0 Å². The third kappa shape index (κ3) is 5.66. The molecule has 2 aromatic carbocycles. The van der Waals surface area contributed by atoms with Crippen LogP contribution in [0.5, 0.6) is 0 Å². The molecule has 0 bridgehead atoms. The van der Waals surface area contributed by atoms with E-state index in [1.54, 1.807) is 24.3 Å². The molecular formula is C28H34N4O2. The van der Waals surface area contributed by atoms with Crippen molar-refractivity contribution in [3.63, 3.8) is 0 Å². The highest BCUT2D eigenvalue weighted by Crippen LogP contribution is 2.31. The van der Waals surface area contributed by atoms with Crippen LogP contribution in [-0.4, -0.2) is 28.8 Å². The summed E-state index contributed by atoms with van der Waals surface area (Å²) in [6.07, 6.45) is 9.40. The maximum Gasteiger partial charge on any atom is 0.255 e. The molecule has 2 unspecified atom stereocenters. The van der Waals surface area contributed by atoms with Gasteiger partial charge in [-0.15, -0.1) is 0 Å². The number of hydrogen-bond acceptors (Lipinski definition) is 4. The first-order valence-corrected chi connectivity index (χ1v) is 12.5. The number of nitrogens with zero attached hydrogens (tertiary/aromatic N) is 2. The number of benzene rings is 2. The van der Waals surface area contributed by atoms with Gasteiger partial charge in [-0.2, -0.15) is 5.26 Å². The van der Waals surface area contributed by atoms with Crippen LogP contribution in [0.15, 0.2) is 48.5 Å². The standard InChI is InChI=1S/C28H34N4O2/c29-18-20-14-16-21(17-15-20)27(33)31-25-12-6-4-10-23(25)19-32(26-13-7-5-11-24(26)30)28(34)22-8-2-1-3-9-22/h4,6,10,12,14-17,22,24,26H,1-3,5,7-9,11,13,19,30H2,(H,31,33). The molecule has 0 aliphatic heterocycles. The summed E-state index contributed by atoms with van der Waals surface area (Å²) in [5, 5.41) is 12.0. The molecule has 6 nitrogen and oxygen atoms in total. The molecule has 2 aliphatic rings. The van der Waals surface area contributed by atoms with Gasteiger partial charge in [-0.1, -0.05) is 50.3 Å². The van der Waals surface area contributed by atoms with Crippen LogP contribution in [0, 0.1) is 17.2 Å². The van der Waals surface area contributed by atoms with Crippen LogP contribution in [0.2, 0.25) is 0 Å². The van der Waals surface area contributed by atoms with Crippen molar-refractivity contribution in [1.82, 2.24) is 4.90 Å². The van der Waals surface area contributed by atoms with Gasteiger partial charge in [0.15, 0.2) is 0 Å². The number of para-hydroxylation sites is 1. The van der Waals surface area contributed by atoms with E-state index in [0.29, 0.717) is 23.4 Å². The maximum atomic E-state index is 13.7. The lowest BCUT2D eigenvalue weighted by Crippen LogP contribution is -2.53. The van der Waals surface area contributed by atoms with Gasteiger partial charge in [-0.3, -0.25) is 9.59 Å². The van der Waals surface area contributed by atoms with Crippen molar-refractivity contribution in [1.29, 1.82) is 5.26 Å². The van der Waals surface area contributed by atoms with Gasteiger partial charge in [0.25, 0.3) is 5.91 Å². The van der Waals surface area contributed by atoms with Crippen molar-refractivity contribution in [2.75, 3.05) is 5.32 Å². The predicted octanol–water partition coefficient (Wildman–Crippen LogP) is 4.99. The first-order valence-electron chi connectivity index (χ1n) is 12.5. The lowest BCUT2D eigenvalue weighted by Gasteiger charge is -2.41. The first-order chi connectivity index (χ1) is 16.6. The van der Waals surface area contributed by atoms with Crippen LogP contribution in [0.25, 0.3) is 0 Å². The molecule has 0 aromatic heterocycles. The van der Waals surface area contributed by atoms with E-state index < -0.39 is 0 Å². The fraction of sp³-hybridized carbons (Fsp3) is 0.464.